The number of aromatic nitrogens is 1. The molecule has 0 bridgehead atoms. The number of thiazole rings is 1. The number of hydrogen-bond donors (Lipinski definition) is 0. The Bertz CT molecular complexity index is 1780. The van der Waals surface area contributed by atoms with Gasteiger partial charge in [-0.3, -0.25) is 9.36 Å². The zero-order valence-corrected chi connectivity index (χ0v) is 23.2. The van der Waals surface area contributed by atoms with Crippen LogP contribution in [0.2, 0.25) is 0 Å². The number of para-hydroxylation sites is 1. The third-order valence-corrected chi connectivity index (χ3v) is 8.81. The largest absolute Gasteiger partial charge is 0.481 e. The van der Waals surface area contributed by atoms with Crippen molar-refractivity contribution in [3.05, 3.63) is 120 Å². The summed E-state index contributed by atoms with van der Waals surface area (Å²) in [5.41, 5.74) is 6.27. The van der Waals surface area contributed by atoms with Crippen molar-refractivity contribution in [3.8, 4) is 5.75 Å². The van der Waals surface area contributed by atoms with Gasteiger partial charge in [-0.1, -0.05) is 65.9 Å². The Kier molecular flexibility index (Phi) is 6.97. The Labute approximate surface area is 233 Å². The standard InChI is InChI=1S/C31H26N2O4S2/c1-36-27(34)18-37-25-10-6-4-8-21(25)17-26-30(35)33-29(20-11-14-22(38-2)15-12-20)24-16-13-19-7-3-5-9-23(19)28(24)32-31(33)39-26/h3-12,14-15,17,29H,13,16,18H2,1-2H3. The van der Waals surface area contributed by atoms with E-state index in [1.54, 1.807) is 17.8 Å². The molecule has 0 N–H and O–H groups in total. The molecule has 1 unspecified atom stereocenters. The average Bonchev–Trinajstić information content (AvgIpc) is 3.29. The van der Waals surface area contributed by atoms with E-state index < -0.39 is 5.97 Å². The molecule has 0 spiro atoms. The quantitative estimate of drug-likeness (QED) is 0.258. The van der Waals surface area contributed by atoms with Crippen molar-refractivity contribution in [2.45, 2.75) is 23.8 Å². The lowest BCUT2D eigenvalue weighted by molar-refractivity contribution is -0.142. The van der Waals surface area contributed by atoms with Crippen LogP contribution in [0.4, 0.5) is 0 Å². The number of ether oxygens (including phenoxy) is 2. The first-order valence-electron chi connectivity index (χ1n) is 12.6. The minimum atomic E-state index is -0.470. The molecule has 6 nitrogen and oxygen atoms in total. The number of allylic oxidation sites excluding steroid dienone is 1. The van der Waals surface area contributed by atoms with E-state index in [0.717, 1.165) is 29.7 Å². The Balaban J connectivity index is 1.53. The topological polar surface area (TPSA) is 69.9 Å². The number of nitrogens with zero attached hydrogens (tertiary/aromatic N) is 2. The highest BCUT2D eigenvalue weighted by Crippen LogP contribution is 2.41. The van der Waals surface area contributed by atoms with E-state index in [2.05, 4.69) is 48.7 Å². The molecule has 39 heavy (non-hydrogen) atoms. The molecule has 0 amide bonds. The summed E-state index contributed by atoms with van der Waals surface area (Å²) in [5.74, 6) is 0.0358. The number of rotatable bonds is 6. The smallest absolute Gasteiger partial charge is 0.343 e. The van der Waals surface area contributed by atoms with Crippen LogP contribution in [0.3, 0.4) is 0 Å². The summed E-state index contributed by atoms with van der Waals surface area (Å²) in [6, 6.07) is 24.0. The average molecular weight is 555 g/mol. The molecule has 3 aromatic carbocycles. The van der Waals surface area contributed by atoms with Gasteiger partial charge in [-0.15, -0.1) is 11.8 Å². The van der Waals surface area contributed by atoms with E-state index in [1.165, 1.54) is 34.5 Å². The number of hydrogen-bond acceptors (Lipinski definition) is 7. The first kappa shape index (κ1) is 25.4. The van der Waals surface area contributed by atoms with Crippen molar-refractivity contribution in [1.29, 1.82) is 0 Å². The molecular formula is C31H26N2O4S2. The molecule has 4 aromatic rings. The minimum Gasteiger partial charge on any atom is -0.481 e. The van der Waals surface area contributed by atoms with Gasteiger partial charge in [0, 0.05) is 16.0 Å². The molecule has 2 aliphatic rings. The summed E-state index contributed by atoms with van der Waals surface area (Å²) in [6.45, 7) is -0.208. The van der Waals surface area contributed by atoms with Crippen LogP contribution in [0.25, 0.3) is 11.8 Å². The molecule has 1 atom stereocenters. The molecule has 2 heterocycles. The first-order valence-corrected chi connectivity index (χ1v) is 14.7. The highest BCUT2D eigenvalue weighted by molar-refractivity contribution is 7.98. The molecule has 0 saturated carbocycles. The van der Waals surface area contributed by atoms with Gasteiger partial charge in [0.15, 0.2) is 11.4 Å². The Hall–Kier alpha value is -3.88. The maximum Gasteiger partial charge on any atom is 0.343 e. The summed E-state index contributed by atoms with van der Waals surface area (Å²) in [6.07, 6.45) is 5.64. The maximum absolute atomic E-state index is 14.0. The van der Waals surface area contributed by atoms with Crippen LogP contribution >= 0.6 is 23.1 Å². The second-order valence-corrected chi connectivity index (χ2v) is 11.2. The zero-order chi connectivity index (χ0) is 26.9. The van der Waals surface area contributed by atoms with Gasteiger partial charge in [-0.25, -0.2) is 9.79 Å². The number of carbonyl (C=O) groups is 1. The number of fused-ring (bicyclic) bond motifs is 3. The fraction of sp³-hybridized carbons (Fsp3) is 0.194. The number of carbonyl (C=O) groups excluding carboxylic acids is 1. The summed E-state index contributed by atoms with van der Waals surface area (Å²) in [7, 11) is 1.32. The minimum absolute atomic E-state index is 0.0918. The van der Waals surface area contributed by atoms with Gasteiger partial charge in [-0.2, -0.15) is 0 Å². The van der Waals surface area contributed by atoms with Gasteiger partial charge >= 0.3 is 5.97 Å². The van der Waals surface area contributed by atoms with Gasteiger partial charge in [0.05, 0.1) is 23.4 Å². The molecule has 196 valence electrons. The van der Waals surface area contributed by atoms with E-state index in [-0.39, 0.29) is 18.2 Å². The summed E-state index contributed by atoms with van der Waals surface area (Å²) in [4.78, 5) is 32.6. The predicted molar refractivity (Wildman–Crippen MR) is 155 cm³/mol. The Morgan fingerprint density at radius 2 is 1.85 bits per heavy atom. The molecule has 1 aromatic heterocycles. The highest BCUT2D eigenvalue weighted by Gasteiger charge is 2.32. The highest BCUT2D eigenvalue weighted by atomic mass is 32.2. The van der Waals surface area contributed by atoms with E-state index in [1.807, 2.05) is 34.9 Å². The first-order chi connectivity index (χ1) is 19.1. The van der Waals surface area contributed by atoms with Crippen molar-refractivity contribution in [3.63, 3.8) is 0 Å². The van der Waals surface area contributed by atoms with Crippen LogP contribution in [0.1, 0.15) is 34.7 Å². The summed E-state index contributed by atoms with van der Waals surface area (Å²) >= 11 is 3.07. The number of thioether (sulfide) groups is 1. The third-order valence-electron chi connectivity index (χ3n) is 7.08. The second-order valence-electron chi connectivity index (χ2n) is 9.29. The summed E-state index contributed by atoms with van der Waals surface area (Å²) < 4.78 is 12.8. The van der Waals surface area contributed by atoms with Gasteiger partial charge < -0.3 is 9.47 Å². The molecule has 1 aliphatic carbocycles. The molecule has 1 aliphatic heterocycles. The molecule has 6 rings (SSSR count). The summed E-state index contributed by atoms with van der Waals surface area (Å²) in [5, 5.41) is 0. The van der Waals surface area contributed by atoms with Crippen LogP contribution < -0.4 is 19.6 Å². The van der Waals surface area contributed by atoms with Gasteiger partial charge in [-0.05, 0) is 60.1 Å². The molecule has 0 radical (unpaired) electrons. The van der Waals surface area contributed by atoms with Crippen molar-refractivity contribution in [2.75, 3.05) is 20.0 Å². The maximum atomic E-state index is 14.0. The van der Waals surface area contributed by atoms with Crippen molar-refractivity contribution >= 4 is 40.8 Å². The lowest BCUT2D eigenvalue weighted by Gasteiger charge is -2.30. The van der Waals surface area contributed by atoms with E-state index in [0.29, 0.717) is 20.6 Å². The van der Waals surface area contributed by atoms with E-state index in [4.69, 9.17) is 14.5 Å². The predicted octanol–water partition coefficient (Wildman–Crippen LogP) is 4.59. The zero-order valence-electron chi connectivity index (χ0n) is 21.5. The second kappa shape index (κ2) is 10.7. The van der Waals surface area contributed by atoms with Crippen LogP contribution in [0.5, 0.6) is 5.75 Å². The normalized spacial score (nSPS) is 16.2. The fourth-order valence-corrected chi connectivity index (χ4v) is 6.58. The van der Waals surface area contributed by atoms with Gasteiger partial charge in [0.2, 0.25) is 0 Å². The molecule has 8 heteroatoms. The monoisotopic (exact) mass is 554 g/mol. The number of aryl methyl sites for hydroxylation is 1. The Morgan fingerprint density at radius 1 is 1.08 bits per heavy atom. The van der Waals surface area contributed by atoms with Gasteiger partial charge in [0.1, 0.15) is 5.75 Å². The van der Waals surface area contributed by atoms with Crippen LogP contribution in [0.15, 0.2) is 93.1 Å². The molecular weight excluding hydrogens is 528 g/mol. The van der Waals surface area contributed by atoms with Crippen LogP contribution in [-0.4, -0.2) is 30.5 Å². The molecule has 0 saturated heterocycles. The fourth-order valence-electron chi connectivity index (χ4n) is 5.18. The number of benzene rings is 3. The van der Waals surface area contributed by atoms with E-state index in [9.17, 15) is 9.59 Å². The lowest BCUT2D eigenvalue weighted by Crippen LogP contribution is -2.38. The van der Waals surface area contributed by atoms with Crippen LogP contribution in [0, 0.1) is 0 Å². The molecule has 0 fully saturated rings. The lowest BCUT2D eigenvalue weighted by atomic mass is 9.83. The van der Waals surface area contributed by atoms with Crippen LogP contribution in [-0.2, 0) is 16.0 Å². The Morgan fingerprint density at radius 3 is 2.64 bits per heavy atom. The van der Waals surface area contributed by atoms with Crippen molar-refractivity contribution < 1.29 is 14.3 Å². The third kappa shape index (κ3) is 4.75. The SMILES string of the molecule is COC(=O)COc1ccccc1C=c1sc2n(c1=O)C(c1ccc(SC)cc1)C1=C(N=2)c2ccccc2CC1. The van der Waals surface area contributed by atoms with Gasteiger partial charge in [0.25, 0.3) is 5.56 Å². The van der Waals surface area contributed by atoms with Crippen molar-refractivity contribution in [1.82, 2.24) is 4.57 Å². The number of esters is 1. The van der Waals surface area contributed by atoms with Crippen molar-refractivity contribution in [2.24, 2.45) is 4.99 Å². The van der Waals surface area contributed by atoms with E-state index >= 15 is 0 Å². The number of methoxy groups -OCH3 is 1.